The number of rotatable bonds is 10. The number of nitrogens with one attached hydrogen (secondary N) is 2. The summed E-state index contributed by atoms with van der Waals surface area (Å²) >= 11 is 0. The maximum atomic E-state index is 5.33. The zero-order valence-corrected chi connectivity index (χ0v) is 16.3. The summed E-state index contributed by atoms with van der Waals surface area (Å²) in [4.78, 5) is 4.58. The first kappa shape index (κ1) is 21.2. The van der Waals surface area contributed by atoms with Gasteiger partial charge in [0.1, 0.15) is 5.76 Å². The van der Waals surface area contributed by atoms with Gasteiger partial charge >= 0.3 is 0 Å². The summed E-state index contributed by atoms with van der Waals surface area (Å²) in [5, 5.41) is 6.68. The van der Waals surface area contributed by atoms with Gasteiger partial charge in [0.15, 0.2) is 5.96 Å². The van der Waals surface area contributed by atoms with Crippen molar-refractivity contribution in [2.45, 2.75) is 33.6 Å². The van der Waals surface area contributed by atoms with Crippen molar-refractivity contribution in [3.8, 4) is 0 Å². The first-order chi connectivity index (χ1) is 10.2. The second-order valence-corrected chi connectivity index (χ2v) is 5.32. The van der Waals surface area contributed by atoms with Gasteiger partial charge in [0.05, 0.1) is 6.26 Å². The molecular weight excluding hydrogens is 393 g/mol. The van der Waals surface area contributed by atoms with E-state index in [1.165, 1.54) is 0 Å². The number of guanidine groups is 1. The second kappa shape index (κ2) is 13.9. The summed E-state index contributed by atoms with van der Waals surface area (Å²) in [6, 6.07) is 3.90. The second-order valence-electron chi connectivity index (χ2n) is 5.32. The van der Waals surface area contributed by atoms with Gasteiger partial charge < -0.3 is 19.8 Å². The van der Waals surface area contributed by atoms with E-state index in [4.69, 9.17) is 9.15 Å². The van der Waals surface area contributed by atoms with Crippen molar-refractivity contribution >= 4 is 29.9 Å². The summed E-state index contributed by atoms with van der Waals surface area (Å²) in [7, 11) is 0. The van der Waals surface area contributed by atoms with Crippen LogP contribution in [0.5, 0.6) is 0 Å². The van der Waals surface area contributed by atoms with E-state index < -0.39 is 0 Å². The number of hydrogen-bond donors (Lipinski definition) is 2. The molecule has 1 rings (SSSR count). The van der Waals surface area contributed by atoms with Crippen molar-refractivity contribution < 1.29 is 9.15 Å². The maximum absolute atomic E-state index is 5.33. The van der Waals surface area contributed by atoms with Crippen molar-refractivity contribution in [3.63, 3.8) is 0 Å². The van der Waals surface area contributed by atoms with Crippen LogP contribution in [0, 0.1) is 5.92 Å². The first-order valence-corrected chi connectivity index (χ1v) is 7.84. The summed E-state index contributed by atoms with van der Waals surface area (Å²) in [6.45, 7) is 10.4. The Balaban J connectivity index is 0.00000441. The minimum Gasteiger partial charge on any atom is -0.469 e. The minimum atomic E-state index is 0. The Morgan fingerprint density at radius 1 is 1.32 bits per heavy atom. The number of ether oxygens (including phenoxy) is 1. The van der Waals surface area contributed by atoms with Crippen molar-refractivity contribution in [1.29, 1.82) is 0 Å². The molecule has 128 valence electrons. The van der Waals surface area contributed by atoms with Gasteiger partial charge in [-0.1, -0.05) is 13.8 Å². The monoisotopic (exact) mass is 423 g/mol. The van der Waals surface area contributed by atoms with E-state index in [1.54, 1.807) is 6.26 Å². The lowest BCUT2D eigenvalue weighted by Gasteiger charge is -2.13. The highest BCUT2D eigenvalue weighted by Gasteiger charge is 2.01. The van der Waals surface area contributed by atoms with Crippen molar-refractivity contribution in [1.82, 2.24) is 10.6 Å². The maximum Gasteiger partial charge on any atom is 0.191 e. The zero-order valence-electron chi connectivity index (χ0n) is 13.9. The lowest BCUT2D eigenvalue weighted by molar-refractivity contribution is 0.145. The van der Waals surface area contributed by atoms with Gasteiger partial charge in [0.2, 0.25) is 0 Å². The van der Waals surface area contributed by atoms with Crippen LogP contribution in [-0.2, 0) is 11.2 Å². The fourth-order valence-electron chi connectivity index (χ4n) is 1.73. The summed E-state index contributed by atoms with van der Waals surface area (Å²) in [5.74, 6) is 2.41. The van der Waals surface area contributed by atoms with Gasteiger partial charge in [-0.2, -0.15) is 0 Å². The van der Waals surface area contributed by atoms with Crippen LogP contribution in [0.15, 0.2) is 27.8 Å². The molecule has 0 saturated heterocycles. The van der Waals surface area contributed by atoms with Crippen LogP contribution < -0.4 is 10.6 Å². The molecule has 0 radical (unpaired) electrons. The van der Waals surface area contributed by atoms with Crippen molar-refractivity contribution in [2.24, 2.45) is 10.9 Å². The lowest BCUT2D eigenvalue weighted by atomic mass is 10.2. The van der Waals surface area contributed by atoms with E-state index in [2.05, 4.69) is 29.5 Å². The molecular formula is C16H30IN3O2. The smallest absolute Gasteiger partial charge is 0.191 e. The average Bonchev–Trinajstić information content (AvgIpc) is 2.97. The minimum absolute atomic E-state index is 0. The van der Waals surface area contributed by atoms with Crippen LogP contribution in [-0.4, -0.2) is 38.8 Å². The number of halogens is 1. The largest absolute Gasteiger partial charge is 0.469 e. The molecule has 0 atom stereocenters. The Morgan fingerprint density at radius 3 is 2.73 bits per heavy atom. The predicted octanol–water partition coefficient (Wildman–Crippen LogP) is 3.06. The Kier molecular flexibility index (Phi) is 13.4. The number of nitrogens with zero attached hydrogens (tertiary/aromatic N) is 1. The highest BCUT2D eigenvalue weighted by Crippen LogP contribution is 1.99. The summed E-state index contributed by atoms with van der Waals surface area (Å²) in [6.07, 6.45) is 3.54. The van der Waals surface area contributed by atoms with E-state index in [0.717, 1.165) is 57.4 Å². The Bertz CT molecular complexity index is 381. The molecule has 1 aromatic heterocycles. The van der Waals surface area contributed by atoms with Gasteiger partial charge in [0.25, 0.3) is 0 Å². The number of aliphatic imine (C=N–C) groups is 1. The molecule has 5 nitrogen and oxygen atoms in total. The molecule has 0 spiro atoms. The molecule has 0 saturated carbocycles. The standard InChI is InChI=1S/C16H29N3O2.HI/c1-4-20-11-6-9-17-16(19-13-14(2)3)18-10-8-15-7-5-12-21-15;/h5,7,12,14H,4,6,8-11,13H2,1-3H3,(H2,17,18,19);1H. The first-order valence-electron chi connectivity index (χ1n) is 7.84. The van der Waals surface area contributed by atoms with Crippen LogP contribution in [0.25, 0.3) is 0 Å². The third kappa shape index (κ3) is 10.9. The molecule has 0 aliphatic heterocycles. The molecule has 0 fully saturated rings. The van der Waals surface area contributed by atoms with Gasteiger partial charge in [-0.05, 0) is 31.4 Å². The predicted molar refractivity (Wildman–Crippen MR) is 102 cm³/mol. The zero-order chi connectivity index (χ0) is 15.3. The van der Waals surface area contributed by atoms with Crippen molar-refractivity contribution in [3.05, 3.63) is 24.2 Å². The molecule has 6 heteroatoms. The SMILES string of the molecule is CCOCCCNC(=NCC(C)C)NCCc1ccco1.I. The van der Waals surface area contributed by atoms with Crippen molar-refractivity contribution in [2.75, 3.05) is 32.8 Å². The van der Waals surface area contributed by atoms with Gasteiger partial charge in [-0.25, -0.2) is 0 Å². The van der Waals surface area contributed by atoms with E-state index >= 15 is 0 Å². The van der Waals surface area contributed by atoms with Crippen LogP contribution in [0.1, 0.15) is 33.0 Å². The molecule has 2 N–H and O–H groups in total. The fraction of sp³-hybridized carbons (Fsp3) is 0.688. The Morgan fingerprint density at radius 2 is 2.09 bits per heavy atom. The molecule has 0 aliphatic carbocycles. The Hall–Kier alpha value is -0.760. The Labute approximate surface area is 151 Å². The molecule has 1 aromatic rings. The molecule has 0 amide bonds. The van der Waals surface area contributed by atoms with Crippen LogP contribution in [0.2, 0.25) is 0 Å². The lowest BCUT2D eigenvalue weighted by Crippen LogP contribution is -2.39. The molecule has 0 unspecified atom stereocenters. The van der Waals surface area contributed by atoms with E-state index in [-0.39, 0.29) is 24.0 Å². The third-order valence-electron chi connectivity index (χ3n) is 2.82. The molecule has 0 bridgehead atoms. The molecule has 1 heterocycles. The van der Waals surface area contributed by atoms with E-state index in [0.29, 0.717) is 5.92 Å². The highest BCUT2D eigenvalue weighted by molar-refractivity contribution is 14.0. The molecule has 0 aromatic carbocycles. The quantitative estimate of drug-likeness (QED) is 0.263. The molecule has 0 aliphatic rings. The van der Waals surface area contributed by atoms with E-state index in [9.17, 15) is 0 Å². The molecule has 22 heavy (non-hydrogen) atoms. The third-order valence-corrected chi connectivity index (χ3v) is 2.82. The van der Waals surface area contributed by atoms with E-state index in [1.807, 2.05) is 19.1 Å². The number of furan rings is 1. The normalized spacial score (nSPS) is 11.4. The van der Waals surface area contributed by atoms with Gasteiger partial charge in [-0.15, -0.1) is 24.0 Å². The van der Waals surface area contributed by atoms with Gasteiger partial charge in [0, 0.05) is 39.3 Å². The number of hydrogen-bond acceptors (Lipinski definition) is 3. The van der Waals surface area contributed by atoms with Crippen LogP contribution in [0.3, 0.4) is 0 Å². The fourth-order valence-corrected chi connectivity index (χ4v) is 1.73. The van der Waals surface area contributed by atoms with Gasteiger partial charge in [-0.3, -0.25) is 4.99 Å². The van der Waals surface area contributed by atoms with Crippen LogP contribution >= 0.6 is 24.0 Å². The highest BCUT2D eigenvalue weighted by atomic mass is 127. The topological polar surface area (TPSA) is 58.8 Å². The van der Waals surface area contributed by atoms with Crippen LogP contribution in [0.4, 0.5) is 0 Å². The summed E-state index contributed by atoms with van der Waals surface area (Å²) in [5.41, 5.74) is 0. The summed E-state index contributed by atoms with van der Waals surface area (Å²) < 4.78 is 10.7. The average molecular weight is 423 g/mol.